The second kappa shape index (κ2) is 8.36. The van der Waals surface area contributed by atoms with E-state index >= 15 is 0 Å². The lowest BCUT2D eigenvalue weighted by atomic mass is 10.2. The van der Waals surface area contributed by atoms with Gasteiger partial charge in [-0.2, -0.15) is 0 Å². The van der Waals surface area contributed by atoms with Crippen LogP contribution < -0.4 is 9.46 Å². The standard InChI is InChI=1S/C22H22N2O4S/c1-15-6-4-8-19(12-15)24-29(26,27)21-13-18(11-10-16(21)2)23-14-17-7-5-9-20(28-3)22(17)25/h4-14,24-25H,1-3H3. The van der Waals surface area contributed by atoms with E-state index in [1.165, 1.54) is 19.4 Å². The van der Waals surface area contributed by atoms with Gasteiger partial charge in [-0.25, -0.2) is 8.42 Å². The Morgan fingerprint density at radius 2 is 1.79 bits per heavy atom. The van der Waals surface area contributed by atoms with Crippen molar-refractivity contribution in [2.45, 2.75) is 18.7 Å². The van der Waals surface area contributed by atoms with Gasteiger partial charge >= 0.3 is 0 Å². The van der Waals surface area contributed by atoms with Gasteiger partial charge in [0.2, 0.25) is 0 Å². The molecule has 7 heteroatoms. The maximum absolute atomic E-state index is 12.9. The number of methoxy groups -OCH3 is 1. The van der Waals surface area contributed by atoms with E-state index < -0.39 is 10.0 Å². The average molecular weight is 410 g/mol. The summed E-state index contributed by atoms with van der Waals surface area (Å²) in [5, 5.41) is 10.2. The van der Waals surface area contributed by atoms with Gasteiger partial charge in [-0.1, -0.05) is 24.3 Å². The summed E-state index contributed by atoms with van der Waals surface area (Å²) in [5.74, 6) is 0.309. The highest BCUT2D eigenvalue weighted by Gasteiger charge is 2.17. The van der Waals surface area contributed by atoms with Crippen LogP contribution in [0.3, 0.4) is 0 Å². The lowest BCUT2D eigenvalue weighted by molar-refractivity contribution is 0.373. The van der Waals surface area contributed by atoms with Crippen molar-refractivity contribution in [2.75, 3.05) is 11.8 Å². The van der Waals surface area contributed by atoms with E-state index in [-0.39, 0.29) is 10.6 Å². The Labute approximate surface area is 170 Å². The van der Waals surface area contributed by atoms with Crippen LogP contribution in [0.4, 0.5) is 11.4 Å². The number of para-hydroxylation sites is 1. The molecule has 0 radical (unpaired) electrons. The van der Waals surface area contributed by atoms with Crippen molar-refractivity contribution >= 4 is 27.6 Å². The van der Waals surface area contributed by atoms with E-state index in [4.69, 9.17) is 4.74 Å². The minimum atomic E-state index is -3.78. The molecule has 0 spiro atoms. The molecule has 2 N–H and O–H groups in total. The number of nitrogens with zero attached hydrogens (tertiary/aromatic N) is 1. The molecule has 29 heavy (non-hydrogen) atoms. The molecule has 0 saturated carbocycles. The molecule has 0 aromatic heterocycles. The maximum atomic E-state index is 12.9. The van der Waals surface area contributed by atoms with Crippen LogP contribution in [0.2, 0.25) is 0 Å². The summed E-state index contributed by atoms with van der Waals surface area (Å²) < 4.78 is 33.4. The smallest absolute Gasteiger partial charge is 0.262 e. The van der Waals surface area contributed by atoms with Gasteiger partial charge in [-0.3, -0.25) is 9.71 Å². The molecule has 0 aliphatic heterocycles. The number of sulfonamides is 1. The van der Waals surface area contributed by atoms with Crippen molar-refractivity contribution in [2.24, 2.45) is 4.99 Å². The summed E-state index contributed by atoms with van der Waals surface area (Å²) in [7, 11) is -2.31. The summed E-state index contributed by atoms with van der Waals surface area (Å²) in [6.45, 7) is 3.62. The minimum absolute atomic E-state index is 0.0279. The topological polar surface area (TPSA) is 88.0 Å². The molecule has 0 aliphatic carbocycles. The first-order chi connectivity index (χ1) is 13.8. The third-order valence-electron chi connectivity index (χ3n) is 4.33. The first kappa shape index (κ1) is 20.4. The van der Waals surface area contributed by atoms with Crippen LogP contribution in [0.15, 0.2) is 70.6 Å². The van der Waals surface area contributed by atoms with E-state index in [0.29, 0.717) is 28.3 Å². The largest absolute Gasteiger partial charge is 0.504 e. The Morgan fingerprint density at radius 3 is 2.52 bits per heavy atom. The first-order valence-electron chi connectivity index (χ1n) is 8.90. The van der Waals surface area contributed by atoms with Crippen LogP contribution in [0.25, 0.3) is 0 Å². The molecule has 150 valence electrons. The Morgan fingerprint density at radius 1 is 1.03 bits per heavy atom. The van der Waals surface area contributed by atoms with Crippen LogP contribution in [0.1, 0.15) is 16.7 Å². The highest BCUT2D eigenvalue weighted by molar-refractivity contribution is 7.92. The number of benzene rings is 3. The average Bonchev–Trinajstić information content (AvgIpc) is 2.67. The zero-order valence-corrected chi connectivity index (χ0v) is 17.2. The molecule has 0 bridgehead atoms. The number of rotatable bonds is 6. The molecule has 0 fully saturated rings. The van der Waals surface area contributed by atoms with E-state index in [0.717, 1.165) is 5.56 Å². The fourth-order valence-corrected chi connectivity index (χ4v) is 4.14. The number of aliphatic imine (C=N–C) groups is 1. The number of hydrogen-bond donors (Lipinski definition) is 2. The monoisotopic (exact) mass is 410 g/mol. The first-order valence-corrected chi connectivity index (χ1v) is 10.4. The maximum Gasteiger partial charge on any atom is 0.262 e. The Hall–Kier alpha value is -3.32. The second-order valence-electron chi connectivity index (χ2n) is 6.58. The Bertz CT molecular complexity index is 1170. The van der Waals surface area contributed by atoms with E-state index in [1.807, 2.05) is 13.0 Å². The van der Waals surface area contributed by atoms with Crippen molar-refractivity contribution in [1.82, 2.24) is 0 Å². The number of hydrogen-bond acceptors (Lipinski definition) is 5. The molecule has 6 nitrogen and oxygen atoms in total. The lowest BCUT2D eigenvalue weighted by Crippen LogP contribution is -2.14. The molecule has 0 unspecified atom stereocenters. The van der Waals surface area contributed by atoms with Crippen LogP contribution in [0.5, 0.6) is 11.5 Å². The molecular formula is C22H22N2O4S. The fraction of sp³-hybridized carbons (Fsp3) is 0.136. The number of phenols is 1. The van der Waals surface area contributed by atoms with E-state index in [9.17, 15) is 13.5 Å². The molecule has 0 heterocycles. The summed E-state index contributed by atoms with van der Waals surface area (Å²) in [6.07, 6.45) is 1.47. The number of nitrogens with one attached hydrogen (secondary N) is 1. The number of anilines is 1. The van der Waals surface area contributed by atoms with Gasteiger partial charge in [-0.05, 0) is 61.4 Å². The van der Waals surface area contributed by atoms with Crippen molar-refractivity contribution in [3.05, 3.63) is 77.4 Å². The summed E-state index contributed by atoms with van der Waals surface area (Å²) >= 11 is 0. The molecular weight excluding hydrogens is 388 g/mol. The van der Waals surface area contributed by atoms with Crippen molar-refractivity contribution < 1.29 is 18.3 Å². The van der Waals surface area contributed by atoms with Crippen molar-refractivity contribution in [3.8, 4) is 11.5 Å². The SMILES string of the molecule is COc1cccc(C=Nc2ccc(C)c(S(=O)(=O)Nc3cccc(C)c3)c2)c1O. The Kier molecular flexibility index (Phi) is 5.89. The second-order valence-corrected chi connectivity index (χ2v) is 8.23. The summed E-state index contributed by atoms with van der Waals surface area (Å²) in [6, 6.07) is 17.1. The molecule has 0 amide bonds. The van der Waals surface area contributed by atoms with Gasteiger partial charge in [0, 0.05) is 17.5 Å². The zero-order chi connectivity index (χ0) is 21.0. The van der Waals surface area contributed by atoms with Gasteiger partial charge in [0.15, 0.2) is 11.5 Å². The predicted molar refractivity (Wildman–Crippen MR) is 115 cm³/mol. The van der Waals surface area contributed by atoms with Gasteiger partial charge in [0.05, 0.1) is 17.7 Å². The summed E-state index contributed by atoms with van der Waals surface area (Å²) in [5.41, 5.74) is 2.97. The molecule has 0 saturated heterocycles. The summed E-state index contributed by atoms with van der Waals surface area (Å²) in [4.78, 5) is 4.46. The highest BCUT2D eigenvalue weighted by Crippen LogP contribution is 2.29. The van der Waals surface area contributed by atoms with Crippen LogP contribution in [-0.2, 0) is 10.0 Å². The van der Waals surface area contributed by atoms with Crippen molar-refractivity contribution in [1.29, 1.82) is 0 Å². The van der Waals surface area contributed by atoms with Crippen LogP contribution in [-0.4, -0.2) is 26.8 Å². The number of aromatic hydroxyl groups is 1. The van der Waals surface area contributed by atoms with Gasteiger partial charge in [0.25, 0.3) is 10.0 Å². The minimum Gasteiger partial charge on any atom is -0.504 e. The van der Waals surface area contributed by atoms with Gasteiger partial charge in [-0.15, -0.1) is 0 Å². The van der Waals surface area contributed by atoms with Crippen molar-refractivity contribution in [3.63, 3.8) is 0 Å². The van der Waals surface area contributed by atoms with Gasteiger partial charge < -0.3 is 9.84 Å². The quantitative estimate of drug-likeness (QED) is 0.583. The van der Waals surface area contributed by atoms with E-state index in [1.54, 1.807) is 55.5 Å². The number of ether oxygens (including phenoxy) is 1. The Balaban J connectivity index is 1.92. The third kappa shape index (κ3) is 4.75. The molecule has 3 aromatic carbocycles. The van der Waals surface area contributed by atoms with E-state index in [2.05, 4.69) is 9.71 Å². The lowest BCUT2D eigenvalue weighted by Gasteiger charge is -2.11. The molecule has 0 atom stereocenters. The highest BCUT2D eigenvalue weighted by atomic mass is 32.2. The van der Waals surface area contributed by atoms with Crippen LogP contribution in [0, 0.1) is 13.8 Å². The molecule has 3 aromatic rings. The fourth-order valence-electron chi connectivity index (χ4n) is 2.83. The predicted octanol–water partition coefficient (Wildman–Crippen LogP) is 4.57. The number of aryl methyl sites for hydroxylation is 2. The molecule has 0 aliphatic rings. The van der Waals surface area contributed by atoms with Crippen LogP contribution >= 0.6 is 0 Å². The third-order valence-corrected chi connectivity index (χ3v) is 5.86. The normalized spacial score (nSPS) is 11.6. The van der Waals surface area contributed by atoms with Gasteiger partial charge in [0.1, 0.15) is 0 Å². The molecule has 3 rings (SSSR count). The number of phenolic OH excluding ortho intramolecular Hbond substituents is 1. The zero-order valence-electron chi connectivity index (χ0n) is 16.4.